The molecule has 9 nitrogen and oxygen atoms in total. The van der Waals surface area contributed by atoms with Crippen molar-refractivity contribution in [1.82, 2.24) is 20.7 Å². The van der Waals surface area contributed by atoms with Crippen LogP contribution in [0.25, 0.3) is 10.2 Å². The first-order valence-corrected chi connectivity index (χ1v) is 12.7. The lowest BCUT2D eigenvalue weighted by molar-refractivity contribution is -0.225. The Balaban J connectivity index is 1.75. The minimum Gasteiger partial charge on any atom is -0.411 e. The standard InChI is InChI=1S/C24H20F9N5O4S/c1-37(2)7-8-38(19-34-16-6-4-13(21(25,26)27)10-17(16)43-19)11-12-3-5-14(15(9-12)22(28,29)30)24(35-20(40)42-36-24)41-18(39)23(31,32)33/h3-6,9-10,36H,7-8,11H2,1-2H3,(H,35,40). The molecule has 2 heterocycles. The number of thiazole rings is 1. The highest BCUT2D eigenvalue weighted by molar-refractivity contribution is 7.22. The lowest BCUT2D eigenvalue weighted by Gasteiger charge is -2.30. The van der Waals surface area contributed by atoms with Gasteiger partial charge in [-0.1, -0.05) is 28.9 Å². The number of likely N-dealkylation sites (N-methyl/N-ethyl adjacent to an activating group) is 1. The second-order valence-corrected chi connectivity index (χ2v) is 10.5. The molecule has 1 fully saturated rings. The number of carbonyl (C=O) groups excluding carboxylic acids is 2. The summed E-state index contributed by atoms with van der Waals surface area (Å²) >= 11 is 0.885. The molecule has 3 aromatic rings. The SMILES string of the molecule is CN(C)CCN(Cc1ccc(C2(OC(=O)C(F)(F)F)NOC(=O)N2)c(C(F)(F)F)c1)c1nc2ccc(C(F)(F)F)cc2s1. The first-order valence-electron chi connectivity index (χ1n) is 11.9. The second-order valence-electron chi connectivity index (χ2n) is 9.46. The highest BCUT2D eigenvalue weighted by atomic mass is 32.1. The van der Waals surface area contributed by atoms with Crippen molar-refractivity contribution in [3.8, 4) is 0 Å². The van der Waals surface area contributed by atoms with Gasteiger partial charge in [0.25, 0.3) is 0 Å². The average Bonchev–Trinajstić information content (AvgIpc) is 3.48. The van der Waals surface area contributed by atoms with Crippen molar-refractivity contribution in [2.24, 2.45) is 0 Å². The van der Waals surface area contributed by atoms with E-state index in [2.05, 4.69) is 14.6 Å². The molecule has 0 aliphatic carbocycles. The number of rotatable bonds is 8. The smallest absolute Gasteiger partial charge is 0.411 e. The minimum absolute atomic E-state index is 0.0485. The molecule has 0 bridgehead atoms. The molecule has 234 valence electrons. The van der Waals surface area contributed by atoms with Crippen LogP contribution in [0.5, 0.6) is 0 Å². The van der Waals surface area contributed by atoms with E-state index >= 15 is 0 Å². The quantitative estimate of drug-likeness (QED) is 0.250. The zero-order valence-corrected chi connectivity index (χ0v) is 22.7. The lowest BCUT2D eigenvalue weighted by Crippen LogP contribution is -2.53. The first-order chi connectivity index (χ1) is 19.8. The van der Waals surface area contributed by atoms with Gasteiger partial charge in [0.15, 0.2) is 5.13 Å². The van der Waals surface area contributed by atoms with Crippen LogP contribution in [-0.2, 0) is 39.1 Å². The fourth-order valence-corrected chi connectivity index (χ4v) is 5.00. The number of halogens is 9. The molecule has 1 amide bonds. The highest BCUT2D eigenvalue weighted by Crippen LogP contribution is 2.40. The van der Waals surface area contributed by atoms with Crippen LogP contribution in [0.3, 0.4) is 0 Å². The number of hydroxylamine groups is 1. The van der Waals surface area contributed by atoms with E-state index in [0.717, 1.165) is 29.5 Å². The van der Waals surface area contributed by atoms with Crippen molar-refractivity contribution < 1.29 is 58.7 Å². The van der Waals surface area contributed by atoms with E-state index in [4.69, 9.17) is 0 Å². The van der Waals surface area contributed by atoms with Gasteiger partial charge in [0.2, 0.25) is 0 Å². The molecule has 19 heteroatoms. The molecule has 2 aromatic carbocycles. The van der Waals surface area contributed by atoms with Gasteiger partial charge in [-0.05, 0) is 43.9 Å². The van der Waals surface area contributed by atoms with Crippen LogP contribution < -0.4 is 15.7 Å². The Bertz CT molecular complexity index is 1520. The third kappa shape index (κ3) is 7.21. The van der Waals surface area contributed by atoms with Gasteiger partial charge in [0.05, 0.1) is 21.3 Å². The number of nitrogens with zero attached hydrogens (tertiary/aromatic N) is 3. The van der Waals surface area contributed by atoms with Crippen LogP contribution in [0.15, 0.2) is 36.4 Å². The number of aromatic nitrogens is 1. The molecule has 0 radical (unpaired) electrons. The summed E-state index contributed by atoms with van der Waals surface area (Å²) in [4.78, 5) is 35.1. The Morgan fingerprint density at radius 1 is 1.00 bits per heavy atom. The summed E-state index contributed by atoms with van der Waals surface area (Å²) in [6, 6.07) is 5.28. The van der Waals surface area contributed by atoms with Crippen LogP contribution in [0.2, 0.25) is 0 Å². The van der Waals surface area contributed by atoms with E-state index in [1.54, 1.807) is 29.8 Å². The van der Waals surface area contributed by atoms with Gasteiger partial charge < -0.3 is 19.4 Å². The molecule has 43 heavy (non-hydrogen) atoms. The number of nitrogens with one attached hydrogen (secondary N) is 2. The van der Waals surface area contributed by atoms with Gasteiger partial charge in [-0.15, -0.1) is 0 Å². The normalized spacial score (nSPS) is 17.7. The van der Waals surface area contributed by atoms with Crippen LogP contribution in [0.4, 0.5) is 49.4 Å². The monoisotopic (exact) mass is 645 g/mol. The zero-order chi connectivity index (χ0) is 32.0. The zero-order valence-electron chi connectivity index (χ0n) is 21.9. The summed E-state index contributed by atoms with van der Waals surface area (Å²) in [5, 5.41) is 1.83. The molecular weight excluding hydrogens is 625 g/mol. The van der Waals surface area contributed by atoms with Crippen molar-refractivity contribution in [3.05, 3.63) is 58.7 Å². The van der Waals surface area contributed by atoms with Crippen molar-refractivity contribution in [2.45, 2.75) is 30.9 Å². The van der Waals surface area contributed by atoms with Gasteiger partial charge in [0, 0.05) is 25.2 Å². The van der Waals surface area contributed by atoms with Crippen molar-refractivity contribution >= 4 is 38.7 Å². The van der Waals surface area contributed by atoms with Gasteiger partial charge in [-0.25, -0.2) is 14.6 Å². The second kappa shape index (κ2) is 11.3. The Kier molecular flexibility index (Phi) is 8.46. The summed E-state index contributed by atoms with van der Waals surface area (Å²) < 4.78 is 126. The molecule has 1 aliphatic heterocycles. The van der Waals surface area contributed by atoms with Gasteiger partial charge >= 0.3 is 36.4 Å². The number of fused-ring (bicyclic) bond motifs is 1. The molecule has 2 N–H and O–H groups in total. The number of ether oxygens (including phenoxy) is 1. The van der Waals surface area contributed by atoms with E-state index in [1.807, 2.05) is 0 Å². The number of benzene rings is 2. The van der Waals surface area contributed by atoms with Crippen molar-refractivity contribution in [3.63, 3.8) is 0 Å². The Labute approximate surface area is 240 Å². The summed E-state index contributed by atoms with van der Waals surface area (Å²) in [5.74, 6) is -6.09. The summed E-state index contributed by atoms with van der Waals surface area (Å²) in [6.45, 7) is 0.257. The number of carbonyl (C=O) groups is 2. The molecule has 0 spiro atoms. The van der Waals surface area contributed by atoms with Crippen LogP contribution in [0.1, 0.15) is 22.3 Å². The Morgan fingerprint density at radius 2 is 1.70 bits per heavy atom. The molecule has 1 aromatic heterocycles. The molecular formula is C24H20F9N5O4S. The lowest BCUT2D eigenvalue weighted by atomic mass is 9.99. The molecule has 1 saturated heterocycles. The van der Waals surface area contributed by atoms with Crippen molar-refractivity contribution in [2.75, 3.05) is 32.1 Å². The summed E-state index contributed by atoms with van der Waals surface area (Å²) in [5.41, 5.74) is -1.83. The Morgan fingerprint density at radius 3 is 2.26 bits per heavy atom. The molecule has 1 aliphatic rings. The Hall–Kier alpha value is -3.84. The summed E-state index contributed by atoms with van der Waals surface area (Å²) in [6.07, 6.45) is -17.0. The predicted octanol–water partition coefficient (Wildman–Crippen LogP) is 5.36. The number of amides is 1. The molecule has 1 atom stereocenters. The number of anilines is 1. The van der Waals surface area contributed by atoms with Crippen LogP contribution in [-0.4, -0.2) is 55.3 Å². The summed E-state index contributed by atoms with van der Waals surface area (Å²) in [7, 11) is 3.44. The maximum Gasteiger partial charge on any atom is 0.491 e. The highest BCUT2D eigenvalue weighted by Gasteiger charge is 2.54. The number of esters is 1. The van der Waals surface area contributed by atoms with Crippen LogP contribution >= 0.6 is 11.3 Å². The fourth-order valence-electron chi connectivity index (χ4n) is 3.97. The predicted molar refractivity (Wildman–Crippen MR) is 132 cm³/mol. The van der Waals surface area contributed by atoms with E-state index in [-0.39, 0.29) is 34.0 Å². The molecule has 0 saturated carbocycles. The van der Waals surface area contributed by atoms with Gasteiger partial charge in [-0.3, -0.25) is 5.32 Å². The number of hydrogen-bond donors (Lipinski definition) is 2. The molecule has 4 rings (SSSR count). The van der Waals surface area contributed by atoms with E-state index in [1.165, 1.54) is 11.0 Å². The van der Waals surface area contributed by atoms with Crippen molar-refractivity contribution in [1.29, 1.82) is 0 Å². The van der Waals surface area contributed by atoms with E-state index in [9.17, 15) is 49.1 Å². The number of hydrogen-bond acceptors (Lipinski definition) is 9. The third-order valence-corrected chi connectivity index (χ3v) is 7.06. The van der Waals surface area contributed by atoms with Gasteiger partial charge in [0.1, 0.15) is 0 Å². The minimum atomic E-state index is -5.63. The molecule has 1 unspecified atom stereocenters. The topological polar surface area (TPSA) is 96.0 Å². The number of alkyl halides is 9. The average molecular weight is 646 g/mol. The first kappa shape index (κ1) is 32.1. The van der Waals surface area contributed by atoms with Crippen LogP contribution in [0, 0.1) is 0 Å². The van der Waals surface area contributed by atoms with E-state index in [0.29, 0.717) is 18.7 Å². The fraction of sp³-hybridized carbons (Fsp3) is 0.375. The third-order valence-electron chi connectivity index (χ3n) is 5.98. The van der Waals surface area contributed by atoms with E-state index < -0.39 is 53.1 Å². The maximum absolute atomic E-state index is 14.2. The largest absolute Gasteiger partial charge is 0.491 e. The van der Waals surface area contributed by atoms with Gasteiger partial charge in [-0.2, -0.15) is 39.5 Å². The maximum atomic E-state index is 14.2.